The minimum absolute atomic E-state index is 0.162. The minimum Gasteiger partial charge on any atom is -0.447 e. The van der Waals surface area contributed by atoms with Gasteiger partial charge in [0, 0.05) is 12.3 Å². The van der Waals surface area contributed by atoms with Gasteiger partial charge in [-0.25, -0.2) is 14.1 Å². The number of amides is 2. The van der Waals surface area contributed by atoms with E-state index >= 15 is 0 Å². The van der Waals surface area contributed by atoms with E-state index in [0.717, 1.165) is 17.4 Å². The van der Waals surface area contributed by atoms with Gasteiger partial charge in [0.05, 0.1) is 6.04 Å². The highest BCUT2D eigenvalue weighted by atomic mass is 19.1. The van der Waals surface area contributed by atoms with E-state index in [-0.39, 0.29) is 24.4 Å². The van der Waals surface area contributed by atoms with Gasteiger partial charge >= 0.3 is 6.09 Å². The van der Waals surface area contributed by atoms with Crippen LogP contribution in [0.5, 0.6) is 0 Å². The summed E-state index contributed by atoms with van der Waals surface area (Å²) in [5, 5.41) is 0. The molecule has 31 heavy (non-hydrogen) atoms. The van der Waals surface area contributed by atoms with Gasteiger partial charge in [-0.3, -0.25) is 4.79 Å². The highest BCUT2D eigenvalue weighted by Gasteiger charge is 2.40. The number of aryl methyl sites for hydroxylation is 2. The zero-order valence-corrected chi connectivity index (χ0v) is 18.0. The molecule has 0 aliphatic carbocycles. The highest BCUT2D eigenvalue weighted by molar-refractivity contribution is 5.95. The molecule has 6 heteroatoms. The van der Waals surface area contributed by atoms with E-state index in [4.69, 9.17) is 4.74 Å². The summed E-state index contributed by atoms with van der Waals surface area (Å²) in [5.41, 5.74) is 2.91. The average Bonchev–Trinajstić information content (AvgIpc) is 3.11. The lowest BCUT2D eigenvalue weighted by atomic mass is 9.90. The second kappa shape index (κ2) is 10.3. The molecule has 1 aliphatic heterocycles. The second-order valence-corrected chi connectivity index (χ2v) is 8.17. The SMILES string of the molecule is Cc1cc(CC(CCCC=O)C(=O)N2C(=O)OC[C@H]2Cc2ccccc2)cc(C)c1F. The van der Waals surface area contributed by atoms with Crippen molar-refractivity contribution in [2.24, 2.45) is 5.92 Å². The van der Waals surface area contributed by atoms with Crippen LogP contribution in [0.1, 0.15) is 41.5 Å². The molecule has 0 radical (unpaired) electrons. The van der Waals surface area contributed by atoms with Crippen molar-refractivity contribution < 1.29 is 23.5 Å². The first kappa shape index (κ1) is 22.7. The molecular weight excluding hydrogens is 397 g/mol. The van der Waals surface area contributed by atoms with Gasteiger partial charge in [0.1, 0.15) is 18.7 Å². The molecule has 1 saturated heterocycles. The Morgan fingerprint density at radius 1 is 1.19 bits per heavy atom. The number of benzene rings is 2. The van der Waals surface area contributed by atoms with E-state index in [1.165, 1.54) is 4.90 Å². The summed E-state index contributed by atoms with van der Waals surface area (Å²) >= 11 is 0. The third-order valence-electron chi connectivity index (χ3n) is 5.71. The number of ether oxygens (including phenoxy) is 1. The molecule has 0 aromatic heterocycles. The molecule has 1 unspecified atom stereocenters. The fraction of sp³-hybridized carbons (Fsp3) is 0.400. The van der Waals surface area contributed by atoms with Gasteiger partial charge in [-0.2, -0.15) is 0 Å². The third kappa shape index (κ3) is 5.57. The first-order valence-corrected chi connectivity index (χ1v) is 10.6. The van der Waals surface area contributed by atoms with Crippen molar-refractivity contribution in [3.8, 4) is 0 Å². The fourth-order valence-electron chi connectivity index (χ4n) is 4.16. The van der Waals surface area contributed by atoms with Crippen molar-refractivity contribution in [3.05, 3.63) is 70.5 Å². The van der Waals surface area contributed by atoms with E-state index in [2.05, 4.69) is 0 Å². The number of halogens is 1. The van der Waals surface area contributed by atoms with Gasteiger partial charge in [-0.05, 0) is 61.8 Å². The quantitative estimate of drug-likeness (QED) is 0.436. The number of hydrogen-bond acceptors (Lipinski definition) is 4. The van der Waals surface area contributed by atoms with Crippen LogP contribution < -0.4 is 0 Å². The summed E-state index contributed by atoms with van der Waals surface area (Å²) in [6.07, 6.45) is 2.47. The van der Waals surface area contributed by atoms with Gasteiger partial charge in [0.15, 0.2) is 0 Å². The Morgan fingerprint density at radius 3 is 2.52 bits per heavy atom. The van der Waals surface area contributed by atoms with Crippen LogP contribution in [-0.4, -0.2) is 35.8 Å². The summed E-state index contributed by atoms with van der Waals surface area (Å²) in [4.78, 5) is 37.9. The maximum Gasteiger partial charge on any atom is 0.416 e. The number of nitrogens with zero attached hydrogens (tertiary/aromatic N) is 1. The molecule has 2 aromatic carbocycles. The van der Waals surface area contributed by atoms with Crippen molar-refractivity contribution in [1.29, 1.82) is 0 Å². The number of carbonyl (C=O) groups is 3. The van der Waals surface area contributed by atoms with Crippen LogP contribution in [0, 0.1) is 25.6 Å². The molecular formula is C25H28FNO4. The molecule has 0 saturated carbocycles. The molecule has 3 rings (SSSR count). The van der Waals surface area contributed by atoms with Crippen LogP contribution in [-0.2, 0) is 27.2 Å². The van der Waals surface area contributed by atoms with Gasteiger partial charge < -0.3 is 9.53 Å². The standard InChI is InChI=1S/C25H28FNO4/c1-17-12-20(13-18(2)23(17)26)14-21(10-6-7-11-28)24(29)27-22(16-31-25(27)30)15-19-8-4-3-5-9-19/h3-5,8-9,11-13,21-22H,6-7,10,14-16H2,1-2H3/t21?,22-/m1/s1. The number of unbranched alkanes of at least 4 members (excludes halogenated alkanes) is 1. The molecule has 0 bridgehead atoms. The number of rotatable bonds is 9. The molecule has 2 amide bonds. The van der Waals surface area contributed by atoms with Crippen LogP contribution in [0.25, 0.3) is 0 Å². The smallest absolute Gasteiger partial charge is 0.416 e. The van der Waals surface area contributed by atoms with E-state index in [0.29, 0.717) is 43.2 Å². The Balaban J connectivity index is 1.82. The Labute approximate surface area is 182 Å². The normalized spacial score (nSPS) is 16.8. The first-order chi connectivity index (χ1) is 14.9. The second-order valence-electron chi connectivity index (χ2n) is 8.17. The molecule has 2 atom stereocenters. The van der Waals surface area contributed by atoms with E-state index in [1.54, 1.807) is 26.0 Å². The summed E-state index contributed by atoms with van der Waals surface area (Å²) in [6.45, 7) is 3.56. The summed E-state index contributed by atoms with van der Waals surface area (Å²) in [6, 6.07) is 12.8. The Bertz CT molecular complexity index is 921. The van der Waals surface area contributed by atoms with Crippen LogP contribution in [0.3, 0.4) is 0 Å². The van der Waals surface area contributed by atoms with E-state index in [1.807, 2.05) is 30.3 Å². The van der Waals surface area contributed by atoms with Crippen LogP contribution in [0.15, 0.2) is 42.5 Å². The van der Waals surface area contributed by atoms with Crippen LogP contribution in [0.2, 0.25) is 0 Å². The molecule has 164 valence electrons. The molecule has 1 fully saturated rings. The van der Waals surface area contributed by atoms with Crippen molar-refractivity contribution >= 4 is 18.3 Å². The largest absolute Gasteiger partial charge is 0.447 e. The predicted octanol–water partition coefficient (Wildman–Crippen LogP) is 4.56. The van der Waals surface area contributed by atoms with Crippen LogP contribution >= 0.6 is 0 Å². The molecule has 1 aliphatic rings. The van der Waals surface area contributed by atoms with Gasteiger partial charge in [-0.1, -0.05) is 42.5 Å². The maximum absolute atomic E-state index is 14.0. The monoisotopic (exact) mass is 425 g/mol. The Hall–Kier alpha value is -3.02. The van der Waals surface area contributed by atoms with Gasteiger partial charge in [0.25, 0.3) is 0 Å². The van der Waals surface area contributed by atoms with Crippen molar-refractivity contribution in [2.45, 2.75) is 52.0 Å². The van der Waals surface area contributed by atoms with Crippen LogP contribution in [0.4, 0.5) is 9.18 Å². The molecule has 0 N–H and O–H groups in total. The number of hydrogen-bond donors (Lipinski definition) is 0. The van der Waals surface area contributed by atoms with Gasteiger partial charge in [0.2, 0.25) is 5.91 Å². The minimum atomic E-state index is -0.627. The van der Waals surface area contributed by atoms with Crippen molar-refractivity contribution in [1.82, 2.24) is 4.90 Å². The first-order valence-electron chi connectivity index (χ1n) is 10.6. The lowest BCUT2D eigenvalue weighted by molar-refractivity contribution is -0.133. The Morgan fingerprint density at radius 2 is 1.87 bits per heavy atom. The summed E-state index contributed by atoms with van der Waals surface area (Å²) in [5.74, 6) is -1.04. The average molecular weight is 426 g/mol. The summed E-state index contributed by atoms with van der Waals surface area (Å²) in [7, 11) is 0. The maximum atomic E-state index is 14.0. The number of imide groups is 1. The molecule has 0 spiro atoms. The summed E-state index contributed by atoms with van der Waals surface area (Å²) < 4.78 is 19.2. The lowest BCUT2D eigenvalue weighted by Gasteiger charge is -2.25. The number of carbonyl (C=O) groups excluding carboxylic acids is 3. The zero-order valence-electron chi connectivity index (χ0n) is 18.0. The van der Waals surface area contributed by atoms with E-state index in [9.17, 15) is 18.8 Å². The highest BCUT2D eigenvalue weighted by Crippen LogP contribution is 2.26. The Kier molecular flexibility index (Phi) is 7.55. The predicted molar refractivity (Wildman–Crippen MR) is 115 cm³/mol. The molecule has 5 nitrogen and oxygen atoms in total. The fourth-order valence-corrected chi connectivity index (χ4v) is 4.16. The van der Waals surface area contributed by atoms with Crippen molar-refractivity contribution in [2.75, 3.05) is 6.61 Å². The zero-order chi connectivity index (χ0) is 22.4. The third-order valence-corrected chi connectivity index (χ3v) is 5.71. The lowest BCUT2D eigenvalue weighted by Crippen LogP contribution is -2.44. The van der Waals surface area contributed by atoms with Gasteiger partial charge in [-0.15, -0.1) is 0 Å². The molecule has 2 aromatic rings. The number of cyclic esters (lactones) is 1. The topological polar surface area (TPSA) is 63.7 Å². The number of aldehydes is 1. The van der Waals surface area contributed by atoms with E-state index < -0.39 is 12.0 Å². The van der Waals surface area contributed by atoms with Crippen molar-refractivity contribution in [3.63, 3.8) is 0 Å². The molecule has 1 heterocycles.